The second-order valence-corrected chi connectivity index (χ2v) is 6.15. The fourth-order valence-electron chi connectivity index (χ4n) is 1.90. The molecule has 0 heterocycles. The van der Waals surface area contributed by atoms with E-state index in [1.54, 1.807) is 0 Å². The van der Waals surface area contributed by atoms with E-state index in [0.717, 1.165) is 0 Å². The standard InChI is InChI=1S/C13H9.C4H10N.C3H7O.CH3.2ClH.Si.Zr/c1-3-7-12-10(5-1)9-11-6-2-4-8-13(11)12;1-4(2,3)5;1-2-3-4;;;;;/h1-9H;5H,1-3H3;4H,1-3H2;1H3;2*1H;;/q4*-1;;;;. The zero-order valence-electron chi connectivity index (χ0n) is 16.6. The molecule has 0 aliphatic rings. The van der Waals surface area contributed by atoms with Crippen LogP contribution < -0.4 is 0 Å². The first-order valence-corrected chi connectivity index (χ1v) is 12.0. The van der Waals surface area contributed by atoms with E-state index >= 15 is 0 Å². The van der Waals surface area contributed by atoms with Crippen LogP contribution in [0.25, 0.3) is 27.3 Å². The molecule has 0 saturated heterocycles. The Balaban J connectivity index is -0.000000164. The molecular weight excluding hydrogens is 472 g/mol. The fraction of sp³-hybridized carbons (Fsp3) is 0.286. The quantitative estimate of drug-likeness (QED) is 0.293. The second-order valence-electron chi connectivity index (χ2n) is 6.15. The molecule has 2 N–H and O–H groups in total. The van der Waals surface area contributed by atoms with Crippen LogP contribution in [0.4, 0.5) is 0 Å². The molecule has 0 aromatic heterocycles. The molecule has 3 rings (SSSR count). The topological polar surface area (TPSA) is 44.0 Å². The first-order valence-electron chi connectivity index (χ1n) is 7.80. The Bertz CT molecular complexity index is 656. The van der Waals surface area contributed by atoms with Crippen LogP contribution in [0.2, 0.25) is 0 Å². The minimum Gasteiger partial charge on any atom is -0.126 e. The van der Waals surface area contributed by atoms with Gasteiger partial charge in [0.1, 0.15) is 0 Å². The van der Waals surface area contributed by atoms with Crippen LogP contribution in [0.3, 0.4) is 0 Å². The van der Waals surface area contributed by atoms with Crippen molar-refractivity contribution in [1.82, 2.24) is 0 Å². The van der Waals surface area contributed by atoms with Gasteiger partial charge in [-0.3, -0.25) is 0 Å². The molecule has 0 aliphatic heterocycles. The third-order valence-corrected chi connectivity index (χ3v) is 2.68. The van der Waals surface area contributed by atoms with Gasteiger partial charge in [-0.2, -0.15) is 6.42 Å². The first-order chi connectivity index (χ1) is 11.4. The Morgan fingerprint density at radius 2 is 1.22 bits per heavy atom. The summed E-state index contributed by atoms with van der Waals surface area (Å²) in [4.78, 5) is 0. The summed E-state index contributed by atoms with van der Waals surface area (Å²) in [5.41, 5.74) is 6.69. The summed E-state index contributed by atoms with van der Waals surface area (Å²) in [6.45, 7) is 12.2. The number of aliphatic hydroxyl groups is 1. The van der Waals surface area contributed by atoms with E-state index in [2.05, 4.69) is 68.4 Å². The summed E-state index contributed by atoms with van der Waals surface area (Å²) in [5.74, 6) is 0. The molecule has 0 fully saturated rings. The number of halogens is 2. The molecule has 0 bridgehead atoms. The molecule has 2 nitrogen and oxygen atoms in total. The van der Waals surface area contributed by atoms with Gasteiger partial charge in [0.2, 0.25) is 0 Å². The summed E-state index contributed by atoms with van der Waals surface area (Å²) in [6.07, 6.45) is 0.625. The van der Waals surface area contributed by atoms with Gasteiger partial charge in [0.25, 0.3) is 0 Å². The van der Waals surface area contributed by atoms with Gasteiger partial charge in [-0.05, 0) is 0 Å². The maximum atomic E-state index is 7.81. The third kappa shape index (κ3) is 15.5. The van der Waals surface area contributed by atoms with Crippen molar-refractivity contribution in [1.29, 1.82) is 0 Å². The number of hydrogen-bond acceptors (Lipinski definition) is 1. The number of aliphatic hydroxyl groups excluding tert-OH is 1. The molecule has 2 radical (unpaired) electrons. The van der Waals surface area contributed by atoms with Crippen molar-refractivity contribution in [3.05, 3.63) is 74.7 Å². The summed E-state index contributed by atoms with van der Waals surface area (Å²) in [5, 5.41) is 13.2. The van der Waals surface area contributed by atoms with Crippen LogP contribution in [0.5, 0.6) is 0 Å². The molecule has 0 saturated carbocycles. The van der Waals surface area contributed by atoms with Gasteiger partial charge < -0.3 is 25.2 Å². The maximum absolute atomic E-state index is 7.81. The van der Waals surface area contributed by atoms with Gasteiger partial charge in [-0.25, -0.2) is 0 Å². The van der Waals surface area contributed by atoms with Crippen LogP contribution in [0, 0.1) is 14.4 Å². The monoisotopic (exact) mass is 501 g/mol. The average Bonchev–Trinajstić information content (AvgIpc) is 2.94. The molecule has 3 aromatic rings. The van der Waals surface area contributed by atoms with Crippen LogP contribution >= 0.6 is 24.8 Å². The molecule has 0 spiro atoms. The fourth-order valence-corrected chi connectivity index (χ4v) is 1.90. The third-order valence-electron chi connectivity index (χ3n) is 2.68. The molecule has 0 atom stereocenters. The molecule has 6 heteroatoms. The molecular formula is C21H31Cl2NOSiZr-4. The predicted octanol–water partition coefficient (Wildman–Crippen LogP) is 6.66. The molecule has 0 amide bonds. The van der Waals surface area contributed by atoms with Crippen molar-refractivity contribution >= 4 is 53.2 Å². The minimum atomic E-state index is -0.250. The Kier molecular flexibility index (Phi) is 24.5. The SMILES string of the molecule is CC(C)(C)[NH-].Cl.Cl.[CH2-]CCO.[CH3-].[Si]=[Zr].c1ccc2c(c1)[cH-]c1ccccc12. The van der Waals surface area contributed by atoms with Crippen molar-refractivity contribution in [2.24, 2.45) is 0 Å². The van der Waals surface area contributed by atoms with Crippen molar-refractivity contribution in [3.8, 4) is 0 Å². The summed E-state index contributed by atoms with van der Waals surface area (Å²) < 4.78 is 0. The normalized spacial score (nSPS) is 8.78. The van der Waals surface area contributed by atoms with Gasteiger partial charge in [0.05, 0.1) is 0 Å². The van der Waals surface area contributed by atoms with Crippen molar-refractivity contribution in [3.63, 3.8) is 0 Å². The van der Waals surface area contributed by atoms with Gasteiger partial charge in [0.15, 0.2) is 0 Å². The van der Waals surface area contributed by atoms with E-state index in [9.17, 15) is 0 Å². The van der Waals surface area contributed by atoms with Gasteiger partial charge in [0, 0.05) is 6.61 Å². The molecule has 3 aromatic carbocycles. The van der Waals surface area contributed by atoms with Crippen molar-refractivity contribution in [2.45, 2.75) is 32.7 Å². The number of nitrogens with one attached hydrogen (secondary N) is 1. The summed E-state index contributed by atoms with van der Waals surface area (Å²) in [6, 6.07) is 19.3. The Labute approximate surface area is 194 Å². The Hall–Kier alpha value is -0.0900. The summed E-state index contributed by atoms with van der Waals surface area (Å²) >= 11 is 1.36. The smallest absolute Gasteiger partial charge is 0.0771 e. The van der Waals surface area contributed by atoms with Crippen LogP contribution in [-0.2, 0) is 23.3 Å². The number of benzene rings is 2. The van der Waals surface area contributed by atoms with Crippen LogP contribution in [0.15, 0.2) is 54.6 Å². The predicted molar refractivity (Wildman–Crippen MR) is 125 cm³/mol. The Morgan fingerprint density at radius 1 is 0.963 bits per heavy atom. The first kappa shape index (κ1) is 34.4. The maximum Gasteiger partial charge on any atom is -0.0771 e. The average molecular weight is 504 g/mol. The zero-order valence-corrected chi connectivity index (χ0v) is 21.7. The van der Waals surface area contributed by atoms with Crippen LogP contribution in [0.1, 0.15) is 27.2 Å². The number of hydrogen-bond donors (Lipinski definition) is 1. The zero-order chi connectivity index (χ0) is 18.6. The van der Waals surface area contributed by atoms with Crippen LogP contribution in [-0.4, -0.2) is 24.1 Å². The van der Waals surface area contributed by atoms with Gasteiger partial charge >= 0.3 is 30.2 Å². The second kappa shape index (κ2) is 19.2. The number of rotatable bonds is 1. The van der Waals surface area contributed by atoms with E-state index in [0.29, 0.717) is 6.42 Å². The van der Waals surface area contributed by atoms with Gasteiger partial charge in [-0.1, -0.05) is 57.2 Å². The van der Waals surface area contributed by atoms with E-state index in [1.807, 2.05) is 20.8 Å². The molecule has 27 heavy (non-hydrogen) atoms. The molecule has 152 valence electrons. The molecule has 0 unspecified atom stereocenters. The molecule has 0 aliphatic carbocycles. The van der Waals surface area contributed by atoms with E-state index in [1.165, 1.54) is 44.9 Å². The van der Waals surface area contributed by atoms with Crippen molar-refractivity contribution in [2.75, 3.05) is 6.61 Å². The van der Waals surface area contributed by atoms with E-state index in [4.69, 9.17) is 10.8 Å². The summed E-state index contributed by atoms with van der Waals surface area (Å²) in [7, 11) is 0. The number of fused-ring (bicyclic) bond motifs is 3. The van der Waals surface area contributed by atoms with Crippen molar-refractivity contribution < 1.29 is 28.4 Å². The van der Waals surface area contributed by atoms with E-state index in [-0.39, 0.29) is 44.4 Å². The minimum absolute atomic E-state index is 0. The Morgan fingerprint density at radius 3 is 1.48 bits per heavy atom. The van der Waals surface area contributed by atoms with E-state index < -0.39 is 0 Å². The largest absolute Gasteiger partial charge is 0.126 e. The van der Waals surface area contributed by atoms with Gasteiger partial charge in [-0.15, -0.1) is 70.1 Å².